The molecule has 0 spiro atoms. The van der Waals surface area contributed by atoms with Crippen LogP contribution in [0.5, 0.6) is 0 Å². The first-order valence-electron chi connectivity index (χ1n) is 12.7. The average molecular weight is 400 g/mol. The van der Waals surface area contributed by atoms with Gasteiger partial charge in [0.05, 0.1) is 0 Å². The molecule has 2 rings (SSSR count). The molecule has 1 aromatic rings. The molecule has 0 unspecified atom stereocenters. The maximum absolute atomic E-state index is 13.5. The Bertz CT molecular complexity index is 564. The van der Waals surface area contributed by atoms with Crippen LogP contribution in [0, 0.1) is 0 Å². The fourth-order valence-corrected chi connectivity index (χ4v) is 4.63. The second kappa shape index (κ2) is 14.6. The molecular formula is C27H45NO. The Hall–Kier alpha value is -1.31. The number of rotatable bonds is 15. The van der Waals surface area contributed by atoms with E-state index in [1.54, 1.807) is 0 Å². The molecule has 0 aromatic heterocycles. The molecule has 0 aliphatic heterocycles. The predicted molar refractivity (Wildman–Crippen MR) is 126 cm³/mol. The van der Waals surface area contributed by atoms with Gasteiger partial charge in [0.25, 0.3) is 5.91 Å². The second-order valence-electron chi connectivity index (χ2n) is 8.98. The summed E-state index contributed by atoms with van der Waals surface area (Å²) in [6.45, 7) is 6.40. The summed E-state index contributed by atoms with van der Waals surface area (Å²) in [5, 5.41) is 0. The minimum absolute atomic E-state index is 0.297. The first kappa shape index (κ1) is 24.0. The molecule has 29 heavy (non-hydrogen) atoms. The summed E-state index contributed by atoms with van der Waals surface area (Å²) in [6, 6.07) is 6.42. The molecule has 0 saturated carbocycles. The quantitative estimate of drug-likeness (QED) is 0.276. The van der Waals surface area contributed by atoms with Crippen molar-refractivity contribution in [1.29, 1.82) is 0 Å². The van der Waals surface area contributed by atoms with Crippen molar-refractivity contribution in [2.75, 3.05) is 13.1 Å². The van der Waals surface area contributed by atoms with E-state index in [0.29, 0.717) is 5.91 Å². The number of amides is 1. The van der Waals surface area contributed by atoms with Crippen LogP contribution in [0.1, 0.15) is 125 Å². The lowest BCUT2D eigenvalue weighted by Gasteiger charge is -2.26. The molecular weight excluding hydrogens is 354 g/mol. The van der Waals surface area contributed by atoms with E-state index >= 15 is 0 Å². The molecule has 1 aromatic carbocycles. The zero-order valence-electron chi connectivity index (χ0n) is 19.3. The third kappa shape index (κ3) is 8.52. The molecule has 0 heterocycles. The van der Waals surface area contributed by atoms with E-state index in [1.165, 1.54) is 88.2 Å². The van der Waals surface area contributed by atoms with Crippen LogP contribution >= 0.6 is 0 Å². The first-order valence-corrected chi connectivity index (χ1v) is 12.7. The highest BCUT2D eigenvalue weighted by Crippen LogP contribution is 2.26. The molecule has 1 aliphatic carbocycles. The fraction of sp³-hybridized carbons (Fsp3) is 0.741. The van der Waals surface area contributed by atoms with Crippen LogP contribution in [0.3, 0.4) is 0 Å². The normalized spacial score (nSPS) is 13.3. The Morgan fingerprint density at radius 2 is 1.31 bits per heavy atom. The summed E-state index contributed by atoms with van der Waals surface area (Å²) >= 11 is 0. The van der Waals surface area contributed by atoms with E-state index < -0.39 is 0 Å². The molecule has 1 amide bonds. The summed E-state index contributed by atoms with van der Waals surface area (Å²) in [5.74, 6) is 0.297. The van der Waals surface area contributed by atoms with Gasteiger partial charge in [0.1, 0.15) is 0 Å². The second-order valence-corrected chi connectivity index (χ2v) is 8.98. The molecule has 0 N–H and O–H groups in total. The smallest absolute Gasteiger partial charge is 0.254 e. The molecule has 164 valence electrons. The fourth-order valence-electron chi connectivity index (χ4n) is 4.63. The van der Waals surface area contributed by atoms with Crippen LogP contribution in [-0.4, -0.2) is 23.9 Å². The van der Waals surface area contributed by atoms with Crippen molar-refractivity contribution in [3.05, 3.63) is 34.9 Å². The number of carbonyl (C=O) groups excluding carboxylic acids is 1. The summed E-state index contributed by atoms with van der Waals surface area (Å²) in [4.78, 5) is 15.7. The number of unbranched alkanes of at least 4 members (excludes halogenated alkanes) is 10. The molecule has 0 bridgehead atoms. The summed E-state index contributed by atoms with van der Waals surface area (Å²) < 4.78 is 0. The number of aryl methyl sites for hydroxylation is 1. The van der Waals surface area contributed by atoms with Crippen molar-refractivity contribution in [3.63, 3.8) is 0 Å². The number of benzene rings is 1. The van der Waals surface area contributed by atoms with Crippen molar-refractivity contribution in [1.82, 2.24) is 4.90 Å². The van der Waals surface area contributed by atoms with Crippen molar-refractivity contribution in [2.24, 2.45) is 0 Å². The standard InChI is InChI=1S/C27H45NO/c1-3-5-7-9-11-15-22-28(23-16-12-10-8-6-4-2)27(29)26-21-17-19-24-18-13-14-20-25(24)26/h17,19,21H,3-16,18,20,22-23H2,1-2H3. The Balaban J connectivity index is 1.93. The van der Waals surface area contributed by atoms with Crippen LogP contribution in [0.2, 0.25) is 0 Å². The van der Waals surface area contributed by atoms with Crippen molar-refractivity contribution in [3.8, 4) is 0 Å². The van der Waals surface area contributed by atoms with Crippen LogP contribution in [0.4, 0.5) is 0 Å². The van der Waals surface area contributed by atoms with Gasteiger partial charge in [-0.3, -0.25) is 4.79 Å². The summed E-state index contributed by atoms with van der Waals surface area (Å²) in [5.41, 5.74) is 3.76. The summed E-state index contributed by atoms with van der Waals surface area (Å²) in [6.07, 6.45) is 20.1. The van der Waals surface area contributed by atoms with E-state index in [9.17, 15) is 4.79 Å². The van der Waals surface area contributed by atoms with Crippen LogP contribution in [0.25, 0.3) is 0 Å². The highest BCUT2D eigenvalue weighted by atomic mass is 16.2. The Labute approximate surface area is 180 Å². The van der Waals surface area contributed by atoms with Gasteiger partial charge in [-0.15, -0.1) is 0 Å². The average Bonchev–Trinajstić information content (AvgIpc) is 2.76. The van der Waals surface area contributed by atoms with E-state index in [2.05, 4.69) is 36.9 Å². The molecule has 0 atom stereocenters. The van der Waals surface area contributed by atoms with E-state index in [1.807, 2.05) is 0 Å². The molecule has 1 aliphatic rings. The topological polar surface area (TPSA) is 20.3 Å². The largest absolute Gasteiger partial charge is 0.339 e. The zero-order valence-corrected chi connectivity index (χ0v) is 19.3. The Kier molecular flexibility index (Phi) is 12.1. The monoisotopic (exact) mass is 399 g/mol. The number of carbonyl (C=O) groups is 1. The maximum Gasteiger partial charge on any atom is 0.254 e. The van der Waals surface area contributed by atoms with Gasteiger partial charge in [-0.25, -0.2) is 0 Å². The highest BCUT2D eigenvalue weighted by molar-refractivity contribution is 5.96. The van der Waals surface area contributed by atoms with Gasteiger partial charge >= 0.3 is 0 Å². The lowest BCUT2D eigenvalue weighted by molar-refractivity contribution is 0.0747. The van der Waals surface area contributed by atoms with Crippen molar-refractivity contribution in [2.45, 2.75) is 117 Å². The van der Waals surface area contributed by atoms with Crippen molar-refractivity contribution < 1.29 is 4.79 Å². The van der Waals surface area contributed by atoms with Crippen LogP contribution in [-0.2, 0) is 12.8 Å². The molecule has 0 saturated heterocycles. The van der Waals surface area contributed by atoms with E-state index in [4.69, 9.17) is 0 Å². The lowest BCUT2D eigenvalue weighted by atomic mass is 9.88. The van der Waals surface area contributed by atoms with Crippen molar-refractivity contribution >= 4 is 5.91 Å². The van der Waals surface area contributed by atoms with Gasteiger partial charge in [-0.2, -0.15) is 0 Å². The third-order valence-electron chi connectivity index (χ3n) is 6.48. The van der Waals surface area contributed by atoms with E-state index in [-0.39, 0.29) is 0 Å². The highest BCUT2D eigenvalue weighted by Gasteiger charge is 2.21. The number of hydrogen-bond acceptors (Lipinski definition) is 1. The minimum Gasteiger partial charge on any atom is -0.339 e. The minimum atomic E-state index is 0.297. The van der Waals surface area contributed by atoms with Gasteiger partial charge in [0.15, 0.2) is 0 Å². The van der Waals surface area contributed by atoms with E-state index in [0.717, 1.165) is 44.3 Å². The zero-order chi connectivity index (χ0) is 20.7. The van der Waals surface area contributed by atoms with Gasteiger partial charge < -0.3 is 4.90 Å². The predicted octanol–water partition coefficient (Wildman–Crippen LogP) is 7.73. The maximum atomic E-state index is 13.5. The first-order chi connectivity index (χ1) is 14.3. The van der Waals surface area contributed by atoms with Gasteiger partial charge in [0.2, 0.25) is 0 Å². The summed E-state index contributed by atoms with van der Waals surface area (Å²) in [7, 11) is 0. The number of fused-ring (bicyclic) bond motifs is 1. The lowest BCUT2D eigenvalue weighted by Crippen LogP contribution is -2.34. The van der Waals surface area contributed by atoms with Gasteiger partial charge in [-0.1, -0.05) is 90.2 Å². The van der Waals surface area contributed by atoms with Gasteiger partial charge in [0, 0.05) is 18.7 Å². The Morgan fingerprint density at radius 3 is 1.93 bits per heavy atom. The SMILES string of the molecule is CCCCCCCCN(CCCCCCCC)C(=O)c1cccc2c1CCCC2. The van der Waals surface area contributed by atoms with Gasteiger partial charge in [-0.05, 0) is 55.7 Å². The van der Waals surface area contributed by atoms with Crippen LogP contribution < -0.4 is 0 Å². The molecule has 0 fully saturated rings. The molecule has 0 radical (unpaired) electrons. The number of hydrogen-bond donors (Lipinski definition) is 0. The third-order valence-corrected chi connectivity index (χ3v) is 6.48. The molecule has 2 heteroatoms. The Morgan fingerprint density at radius 1 is 0.759 bits per heavy atom. The molecule has 2 nitrogen and oxygen atoms in total. The number of nitrogens with zero attached hydrogens (tertiary/aromatic N) is 1. The van der Waals surface area contributed by atoms with Crippen LogP contribution in [0.15, 0.2) is 18.2 Å².